The lowest BCUT2D eigenvalue weighted by molar-refractivity contribution is -0.116. The maximum atomic E-state index is 13.5. The van der Waals surface area contributed by atoms with Gasteiger partial charge in [0.05, 0.1) is 58.7 Å². The molecule has 0 spiro atoms. The largest absolute Gasteiger partial charge is 0.497 e. The molecule has 13 heterocycles. The van der Waals surface area contributed by atoms with E-state index in [4.69, 9.17) is 70.7 Å². The highest BCUT2D eigenvalue weighted by molar-refractivity contribution is 7.92. The molecule has 12 aromatic heterocycles. The predicted octanol–water partition coefficient (Wildman–Crippen LogP) is 6.58. The minimum Gasteiger partial charge on any atom is -0.497 e. The third-order valence-electron chi connectivity index (χ3n) is 18.9. The Labute approximate surface area is 806 Å². The molecule has 0 saturated carbocycles. The van der Waals surface area contributed by atoms with E-state index in [0.717, 1.165) is 60.2 Å². The van der Waals surface area contributed by atoms with Crippen LogP contribution in [0.3, 0.4) is 0 Å². The summed E-state index contributed by atoms with van der Waals surface area (Å²) in [7, 11) is -1.85. The van der Waals surface area contributed by atoms with Gasteiger partial charge >= 0.3 is 36.0 Å². The number of piperidine rings is 1. The maximum Gasteiger partial charge on any atom is 0.358 e. The second-order valence-electron chi connectivity index (χ2n) is 30.4. The number of ether oxygens (including phenoxy) is 3. The van der Waals surface area contributed by atoms with Gasteiger partial charge in [-0.25, -0.2) is 54.8 Å². The van der Waals surface area contributed by atoms with E-state index in [9.17, 15) is 46.0 Å². The molecule has 19 N–H and O–H groups in total. The Balaban J connectivity index is 0.000000146. The first-order valence-electron chi connectivity index (χ1n) is 42.4. The van der Waals surface area contributed by atoms with Crippen LogP contribution in [-0.2, 0) is 77.4 Å². The van der Waals surface area contributed by atoms with E-state index in [1.807, 2.05) is 60.7 Å². The Hall–Kier alpha value is -19.4. The monoisotopic (exact) mass is 2010 g/mol. The number of methoxy groups -OCH3 is 1. The molecule has 62 heteroatoms. The number of rotatable bonds is 33. The van der Waals surface area contributed by atoms with Crippen LogP contribution >= 0.6 is 0 Å². The normalized spacial score (nSPS) is 11.6. The zero-order valence-electron chi connectivity index (χ0n) is 76.0. The summed E-state index contributed by atoms with van der Waals surface area (Å²) in [6, 6.07) is 32.7. The molecule has 144 heavy (non-hydrogen) atoms. The lowest BCUT2D eigenvalue weighted by Crippen LogP contribution is -2.27. The molecule has 0 aliphatic carbocycles. The number of hydrogen-bond acceptors (Lipinski definition) is 52. The average molecular weight is 2010 g/mol. The van der Waals surface area contributed by atoms with Crippen molar-refractivity contribution in [3.63, 3.8) is 0 Å². The van der Waals surface area contributed by atoms with E-state index in [0.29, 0.717) is 60.3 Å². The van der Waals surface area contributed by atoms with Crippen LogP contribution in [0.15, 0.2) is 177 Å². The molecular formula is C82H85F2N37O22S. The van der Waals surface area contributed by atoms with Crippen LogP contribution in [0.1, 0.15) is 84.8 Å². The molecule has 1 aliphatic rings. The van der Waals surface area contributed by atoms with Crippen molar-refractivity contribution in [2.75, 3.05) is 105 Å². The Morgan fingerprint density at radius 3 is 1.24 bits per heavy atom. The van der Waals surface area contributed by atoms with Crippen molar-refractivity contribution in [2.24, 2.45) is 11.8 Å². The molecule has 0 atom stereocenters. The summed E-state index contributed by atoms with van der Waals surface area (Å²) < 4.78 is 122. The topological polar surface area (TPSA) is 851 Å². The Morgan fingerprint density at radius 1 is 0.465 bits per heavy atom. The first-order valence-corrected chi connectivity index (χ1v) is 44.3. The SMILES string of the molecule is CCOC(=O)c1cn(CC(C)C)c(-c2nonc2N)n1.COc1cccc(CC(=O)Nc2nnc(-c3nonc3N)o2)c1.CS(=O)(=O)Nc1cccc(CC(=O)Nc2nnc(-c3nonc3N)o2)c1.Nc1nonc1-c1nnc(NC(=O)Cc2ccc(F)cc2F)o1.Nc1nonc1-c1nnc(NC(=O)Cc2cccc(OCCCC3CCNCC3)c2)o1.Nc1nonc1-c1nnc(NC(=O)Cc2ccccc2)o1. The van der Waals surface area contributed by atoms with Gasteiger partial charge in [0.2, 0.25) is 97.1 Å². The highest BCUT2D eigenvalue weighted by atomic mass is 32.2. The molecule has 17 aromatic rings. The molecule has 750 valence electrons. The number of halogens is 2. The molecule has 0 bridgehead atoms. The summed E-state index contributed by atoms with van der Waals surface area (Å²) >= 11 is 0. The van der Waals surface area contributed by atoms with Crippen molar-refractivity contribution >= 4 is 116 Å². The van der Waals surface area contributed by atoms with Crippen LogP contribution in [-0.4, -0.2) is 206 Å². The second kappa shape index (κ2) is 49.1. The average Bonchev–Trinajstić information content (AvgIpc) is 1.60. The number of aromatic nitrogens is 24. The van der Waals surface area contributed by atoms with Crippen LogP contribution in [0.4, 0.5) is 79.4 Å². The van der Waals surface area contributed by atoms with Gasteiger partial charge in [-0.05, 0) is 190 Å². The molecule has 5 amide bonds. The third kappa shape index (κ3) is 30.1. The summed E-state index contributed by atoms with van der Waals surface area (Å²) in [6.07, 6.45) is 7.46. The number of carbonyl (C=O) groups is 6. The lowest BCUT2D eigenvalue weighted by Gasteiger charge is -2.22. The summed E-state index contributed by atoms with van der Waals surface area (Å²) in [4.78, 5) is 76.1. The number of amides is 5. The Morgan fingerprint density at radius 2 is 0.847 bits per heavy atom. The predicted molar refractivity (Wildman–Crippen MR) is 490 cm³/mol. The number of esters is 1. The van der Waals surface area contributed by atoms with Gasteiger partial charge in [0.1, 0.15) is 23.1 Å². The number of nitrogens with one attached hydrogen (secondary N) is 7. The lowest BCUT2D eigenvalue weighted by atomic mass is 9.93. The molecule has 5 aromatic carbocycles. The van der Waals surface area contributed by atoms with Gasteiger partial charge in [-0.15, -0.1) is 25.5 Å². The third-order valence-corrected chi connectivity index (χ3v) is 19.5. The van der Waals surface area contributed by atoms with Gasteiger partial charge in [0.15, 0.2) is 23.0 Å². The van der Waals surface area contributed by atoms with Crippen molar-refractivity contribution in [1.82, 2.24) is 128 Å². The quantitative estimate of drug-likeness (QED) is 0.0152. The molecular weight excluding hydrogens is 1930 g/mol. The van der Waals surface area contributed by atoms with E-state index in [2.05, 4.69) is 196 Å². The molecule has 59 nitrogen and oxygen atoms in total. The van der Waals surface area contributed by atoms with Crippen molar-refractivity contribution in [3.8, 4) is 80.9 Å². The highest BCUT2D eigenvalue weighted by Crippen LogP contribution is 2.31. The molecule has 18 rings (SSSR count). The fraction of sp³-hybridized carbons (Fsp3) is 0.256. The van der Waals surface area contributed by atoms with Crippen LogP contribution in [0.5, 0.6) is 11.5 Å². The molecule has 1 fully saturated rings. The Kier molecular flexibility index (Phi) is 34.8. The molecule has 1 saturated heterocycles. The molecule has 1 aliphatic heterocycles. The summed E-state index contributed by atoms with van der Waals surface area (Å²) in [6.45, 7) is 9.70. The summed E-state index contributed by atoms with van der Waals surface area (Å²) in [5, 5.41) is 94.3. The van der Waals surface area contributed by atoms with Crippen LogP contribution < -0.4 is 80.5 Å². The van der Waals surface area contributed by atoms with E-state index >= 15 is 0 Å². The zero-order chi connectivity index (χ0) is 102. The van der Waals surface area contributed by atoms with E-state index in [1.165, 1.54) is 25.3 Å². The minimum absolute atomic E-state index is 0.000398. The van der Waals surface area contributed by atoms with Gasteiger partial charge in [0, 0.05) is 24.5 Å². The highest BCUT2D eigenvalue weighted by Gasteiger charge is 2.27. The number of carbonyl (C=O) groups excluding carboxylic acids is 6. The number of nitrogen functional groups attached to an aromatic ring is 6. The standard InChI is InChI=1S/C20H25N7O4.C13H13N7O5S.C13H12N6O4.C12H8F2N6O3.C12H10N6O3.C12H17N5O3/c21-18-17(26-31-27-18)19-24-25-20(30-19)23-16(28)12-14-3-1-5-15(11-14)29-10-2-4-13-6-8-22-9-7-13;1-26(22,23)20-8-4-2-3-7(5-8)6-9(21)15-13-17-16-12(24-13)10-11(14)19-25-18-10;1-21-8-4-2-3-7(5-8)6-9(20)15-13-17-16-12(22-13)10-11(14)19-23-18-10;13-6-2-1-5(7(14)4-6)3-8(21)16-12-18-17-11(22-12)9-10(15)20-23-19-9;13-10-9(17-21-18-10)11-15-16-12(20-11)14-8(19)6-7-4-2-1-3-5-7;1-4-19-12(18)8-6-17(5-7(2)3)11(14-8)9-10(13)16-20-15-9/h1,3,5,11,13,22H,2,4,6-10,12H2,(H2,21,27)(H,23,25,28);2-5,20H,6H2,1H3,(H2,14,19)(H,15,17,21);2-5H,6H2,1H3,(H2,14,19)(H,15,17,20);1-2,4H,3H2,(H2,15,20)(H,16,18,21);1-5H,6H2,(H2,13,18)(H,14,16,19);6-7H,4-5H2,1-3H3,(H2,13,16). The van der Waals surface area contributed by atoms with Crippen molar-refractivity contribution in [1.29, 1.82) is 0 Å². The van der Waals surface area contributed by atoms with E-state index < -0.39 is 39.4 Å². The first-order chi connectivity index (χ1) is 69.4. The maximum absolute atomic E-state index is 13.5. The summed E-state index contributed by atoms with van der Waals surface area (Å²) in [5.41, 5.74) is 37.7. The van der Waals surface area contributed by atoms with Gasteiger partial charge in [-0.3, -0.25) is 55.3 Å². The number of imidazole rings is 1. The summed E-state index contributed by atoms with van der Waals surface area (Å²) in [5.74, 6) is -0.993. The fourth-order valence-electron chi connectivity index (χ4n) is 12.6. The number of nitrogens with zero attached hydrogens (tertiary/aromatic N) is 24. The Bertz CT molecular complexity index is 7260. The van der Waals surface area contributed by atoms with Crippen LogP contribution in [0.25, 0.3) is 69.4 Å². The number of sulfonamides is 1. The van der Waals surface area contributed by atoms with Gasteiger partial charge in [-0.1, -0.05) is 112 Å². The number of nitrogens with two attached hydrogens (primary N) is 6. The second-order valence-corrected chi connectivity index (χ2v) is 32.1. The minimum atomic E-state index is -3.41. The number of anilines is 12. The van der Waals surface area contributed by atoms with E-state index in [-0.39, 0.29) is 184 Å². The van der Waals surface area contributed by atoms with Crippen molar-refractivity contribution in [3.05, 3.63) is 173 Å². The number of benzene rings is 5. The molecule has 0 unspecified atom stereocenters. The van der Waals surface area contributed by atoms with Gasteiger partial charge in [-0.2, -0.15) is 0 Å². The van der Waals surface area contributed by atoms with Crippen molar-refractivity contribution < 1.29 is 110 Å². The van der Waals surface area contributed by atoms with Gasteiger partial charge in [0.25, 0.3) is 29.5 Å². The fourth-order valence-corrected chi connectivity index (χ4v) is 13.1. The van der Waals surface area contributed by atoms with E-state index in [1.54, 1.807) is 67.3 Å². The van der Waals surface area contributed by atoms with Crippen LogP contribution in [0.2, 0.25) is 0 Å². The van der Waals surface area contributed by atoms with Crippen molar-refractivity contribution in [2.45, 2.75) is 85.1 Å². The first kappa shape index (κ1) is 102. The smallest absolute Gasteiger partial charge is 0.358 e. The number of hydrogen-bond donors (Lipinski definition) is 13. The molecule has 0 radical (unpaired) electrons. The van der Waals surface area contributed by atoms with Gasteiger partial charge < -0.3 is 80.6 Å². The zero-order valence-corrected chi connectivity index (χ0v) is 76.8. The van der Waals surface area contributed by atoms with Crippen LogP contribution in [0, 0.1) is 23.5 Å².